The highest BCUT2D eigenvalue weighted by atomic mass is 79.9. The van der Waals surface area contributed by atoms with Gasteiger partial charge >= 0.3 is 0 Å². The molecule has 1 aromatic heterocycles. The van der Waals surface area contributed by atoms with Crippen LogP contribution in [0, 0.1) is 0 Å². The minimum absolute atomic E-state index is 0.0222. The second kappa shape index (κ2) is 6.92. The van der Waals surface area contributed by atoms with Crippen LogP contribution in [-0.2, 0) is 0 Å². The Hall–Kier alpha value is -1.30. The number of methoxy groups -OCH3 is 1. The molecule has 2 unspecified atom stereocenters. The lowest BCUT2D eigenvalue weighted by molar-refractivity contribution is 0.217. The van der Waals surface area contributed by atoms with Crippen molar-refractivity contribution in [3.8, 4) is 5.75 Å². The van der Waals surface area contributed by atoms with Gasteiger partial charge < -0.3 is 14.3 Å². The molecule has 0 aliphatic heterocycles. The van der Waals surface area contributed by atoms with Crippen LogP contribution in [-0.4, -0.2) is 18.8 Å². The fourth-order valence-corrected chi connectivity index (χ4v) is 2.79. The van der Waals surface area contributed by atoms with Gasteiger partial charge in [-0.3, -0.25) is 5.32 Å². The zero-order valence-electron chi connectivity index (χ0n) is 11.5. The summed E-state index contributed by atoms with van der Waals surface area (Å²) in [6, 6.07) is 9.33. The molecule has 2 rings (SSSR count). The van der Waals surface area contributed by atoms with Crippen molar-refractivity contribution >= 4 is 15.9 Å². The van der Waals surface area contributed by atoms with Gasteiger partial charge in [0.25, 0.3) is 0 Å². The minimum Gasteiger partial charge on any atom is -0.497 e. The molecule has 0 saturated heterocycles. The molecule has 5 heteroatoms. The molecule has 0 aliphatic rings. The van der Waals surface area contributed by atoms with Crippen molar-refractivity contribution in [2.45, 2.75) is 19.0 Å². The molecular formula is C15H18BrNO3. The Kier molecular flexibility index (Phi) is 5.23. The highest BCUT2D eigenvalue weighted by molar-refractivity contribution is 9.10. The third kappa shape index (κ3) is 3.42. The molecule has 0 radical (unpaired) electrons. The summed E-state index contributed by atoms with van der Waals surface area (Å²) in [6.45, 7) is 2.02. The maximum atomic E-state index is 9.49. The van der Waals surface area contributed by atoms with Crippen molar-refractivity contribution < 1.29 is 14.3 Å². The molecule has 2 N–H and O–H groups in total. The number of halogens is 1. The van der Waals surface area contributed by atoms with Crippen LogP contribution in [0.1, 0.15) is 30.3 Å². The number of rotatable bonds is 6. The van der Waals surface area contributed by atoms with Crippen molar-refractivity contribution in [3.63, 3.8) is 0 Å². The van der Waals surface area contributed by atoms with Gasteiger partial charge in [0.15, 0.2) is 0 Å². The highest BCUT2D eigenvalue weighted by Crippen LogP contribution is 2.29. The van der Waals surface area contributed by atoms with Gasteiger partial charge in [-0.2, -0.15) is 0 Å². The van der Waals surface area contributed by atoms with E-state index in [1.54, 1.807) is 13.4 Å². The Morgan fingerprint density at radius 1 is 1.40 bits per heavy atom. The average molecular weight is 340 g/mol. The second-order valence-corrected chi connectivity index (χ2v) is 5.38. The summed E-state index contributed by atoms with van der Waals surface area (Å²) in [4.78, 5) is 0. The number of hydrogen-bond donors (Lipinski definition) is 2. The summed E-state index contributed by atoms with van der Waals surface area (Å²) >= 11 is 3.54. The number of nitrogens with one attached hydrogen (secondary N) is 1. The van der Waals surface area contributed by atoms with Crippen LogP contribution >= 0.6 is 15.9 Å². The van der Waals surface area contributed by atoms with E-state index in [0.29, 0.717) is 0 Å². The predicted octanol–water partition coefficient (Wildman–Crippen LogP) is 3.43. The third-order valence-electron chi connectivity index (χ3n) is 3.19. The van der Waals surface area contributed by atoms with Crippen molar-refractivity contribution in [1.29, 1.82) is 0 Å². The van der Waals surface area contributed by atoms with Gasteiger partial charge in [0, 0.05) is 10.5 Å². The van der Waals surface area contributed by atoms with Crippen molar-refractivity contribution in [3.05, 3.63) is 52.4 Å². The zero-order chi connectivity index (χ0) is 14.5. The van der Waals surface area contributed by atoms with Crippen LogP contribution in [0.25, 0.3) is 0 Å². The summed E-state index contributed by atoms with van der Waals surface area (Å²) in [5.41, 5.74) is 1.09. The van der Waals surface area contributed by atoms with E-state index in [9.17, 15) is 5.11 Å². The van der Waals surface area contributed by atoms with E-state index in [4.69, 9.17) is 9.15 Å². The van der Waals surface area contributed by atoms with E-state index in [2.05, 4.69) is 21.2 Å². The molecule has 0 aliphatic carbocycles. The summed E-state index contributed by atoms with van der Waals surface area (Å²) in [7, 11) is 1.64. The van der Waals surface area contributed by atoms with Gasteiger partial charge in [-0.1, -0.05) is 22.0 Å². The standard InChI is InChI=1S/C15H18BrNO3/c1-10(12-6-5-11(19-2)8-13(12)16)17-14(9-18)15-4-3-7-20-15/h3-8,10,14,17-18H,9H2,1-2H3. The third-order valence-corrected chi connectivity index (χ3v) is 3.88. The van der Waals surface area contributed by atoms with Crippen LogP contribution in [0.2, 0.25) is 0 Å². The number of aliphatic hydroxyl groups is 1. The molecule has 0 spiro atoms. The van der Waals surface area contributed by atoms with Crippen LogP contribution in [0.15, 0.2) is 45.5 Å². The summed E-state index contributed by atoms with van der Waals surface area (Å²) in [5, 5.41) is 12.8. The molecule has 20 heavy (non-hydrogen) atoms. The lowest BCUT2D eigenvalue weighted by Crippen LogP contribution is -2.27. The number of hydrogen-bond acceptors (Lipinski definition) is 4. The van der Waals surface area contributed by atoms with Crippen molar-refractivity contribution in [2.24, 2.45) is 0 Å². The largest absolute Gasteiger partial charge is 0.497 e. The Bertz CT molecular complexity index is 542. The number of aliphatic hydroxyl groups excluding tert-OH is 1. The van der Waals surface area contributed by atoms with Crippen molar-refractivity contribution in [1.82, 2.24) is 5.32 Å². The first-order valence-corrected chi connectivity index (χ1v) is 7.18. The van der Waals surface area contributed by atoms with E-state index in [0.717, 1.165) is 21.5 Å². The Morgan fingerprint density at radius 2 is 2.20 bits per heavy atom. The number of ether oxygens (including phenoxy) is 1. The normalized spacial score (nSPS) is 14.0. The first-order chi connectivity index (χ1) is 9.65. The topological polar surface area (TPSA) is 54.6 Å². The molecule has 0 saturated carbocycles. The van der Waals surface area contributed by atoms with E-state index in [-0.39, 0.29) is 18.7 Å². The predicted molar refractivity (Wildman–Crippen MR) is 80.8 cm³/mol. The van der Waals surface area contributed by atoms with Gasteiger partial charge in [0.1, 0.15) is 11.5 Å². The van der Waals surface area contributed by atoms with Gasteiger partial charge in [0.2, 0.25) is 0 Å². The maximum Gasteiger partial charge on any atom is 0.123 e. The monoisotopic (exact) mass is 339 g/mol. The molecule has 1 heterocycles. The molecule has 2 aromatic rings. The van der Waals surface area contributed by atoms with E-state index in [1.165, 1.54) is 0 Å². The van der Waals surface area contributed by atoms with E-state index >= 15 is 0 Å². The maximum absolute atomic E-state index is 9.49. The Labute approximate surface area is 126 Å². The van der Waals surface area contributed by atoms with Gasteiger partial charge in [-0.25, -0.2) is 0 Å². The average Bonchev–Trinajstić information content (AvgIpc) is 2.98. The lowest BCUT2D eigenvalue weighted by atomic mass is 10.1. The molecule has 0 amide bonds. The highest BCUT2D eigenvalue weighted by Gasteiger charge is 2.18. The summed E-state index contributed by atoms with van der Waals surface area (Å²) in [6.07, 6.45) is 1.60. The van der Waals surface area contributed by atoms with Crippen LogP contribution in [0.3, 0.4) is 0 Å². The molecular weight excluding hydrogens is 322 g/mol. The molecule has 1 aromatic carbocycles. The quantitative estimate of drug-likeness (QED) is 0.846. The fourth-order valence-electron chi connectivity index (χ4n) is 2.09. The van der Waals surface area contributed by atoms with E-state index in [1.807, 2.05) is 37.3 Å². The van der Waals surface area contributed by atoms with Crippen LogP contribution in [0.5, 0.6) is 5.75 Å². The van der Waals surface area contributed by atoms with Gasteiger partial charge in [0.05, 0.1) is 26.0 Å². The van der Waals surface area contributed by atoms with Gasteiger partial charge in [-0.05, 0) is 36.8 Å². The smallest absolute Gasteiger partial charge is 0.123 e. The number of benzene rings is 1. The molecule has 2 atom stereocenters. The van der Waals surface area contributed by atoms with Crippen LogP contribution < -0.4 is 10.1 Å². The summed E-state index contributed by atoms with van der Waals surface area (Å²) in [5.74, 6) is 1.53. The first-order valence-electron chi connectivity index (χ1n) is 6.39. The first kappa shape index (κ1) is 15.1. The zero-order valence-corrected chi connectivity index (χ0v) is 13.1. The summed E-state index contributed by atoms with van der Waals surface area (Å²) < 4.78 is 11.5. The van der Waals surface area contributed by atoms with Crippen LogP contribution in [0.4, 0.5) is 0 Å². The SMILES string of the molecule is COc1ccc(C(C)NC(CO)c2ccco2)c(Br)c1. The second-order valence-electron chi connectivity index (χ2n) is 4.53. The van der Waals surface area contributed by atoms with E-state index < -0.39 is 0 Å². The Balaban J connectivity index is 2.13. The van der Waals surface area contributed by atoms with Crippen molar-refractivity contribution in [2.75, 3.05) is 13.7 Å². The molecule has 0 fully saturated rings. The molecule has 108 valence electrons. The van der Waals surface area contributed by atoms with Gasteiger partial charge in [-0.15, -0.1) is 0 Å². The number of furan rings is 1. The minimum atomic E-state index is -0.228. The Morgan fingerprint density at radius 3 is 2.75 bits per heavy atom. The molecule has 4 nitrogen and oxygen atoms in total. The molecule has 0 bridgehead atoms. The fraction of sp³-hybridized carbons (Fsp3) is 0.333. The lowest BCUT2D eigenvalue weighted by Gasteiger charge is -2.21.